The predicted octanol–water partition coefficient (Wildman–Crippen LogP) is -1.35. The van der Waals surface area contributed by atoms with Crippen LogP contribution in [-0.4, -0.2) is 79.6 Å². The van der Waals surface area contributed by atoms with E-state index in [1.54, 1.807) is 0 Å². The number of nitrogens with one attached hydrogen (secondary N) is 2. The SMILES string of the molecule is Nc1nc2c(ncn2[C@@H]2O[C@H](COP(=O)(O)OCCCNC(=O)CCl)[C@@H](O)[C@H]2C=O)c(=O)[nH]1. The average molecular weight is 509 g/mol. The third-order valence-corrected chi connectivity index (χ3v) is 5.95. The Hall–Kier alpha value is -2.39. The van der Waals surface area contributed by atoms with Gasteiger partial charge in [0.1, 0.15) is 24.5 Å². The maximum absolute atomic E-state index is 12.1. The fourth-order valence-corrected chi connectivity index (χ4v) is 4.03. The lowest BCUT2D eigenvalue weighted by Gasteiger charge is -2.18. The number of nitrogen functional groups attached to an aromatic ring is 1. The number of phosphoric acid groups is 1. The largest absolute Gasteiger partial charge is 0.472 e. The summed E-state index contributed by atoms with van der Waals surface area (Å²) in [4.78, 5) is 54.6. The van der Waals surface area contributed by atoms with Crippen molar-refractivity contribution in [3.8, 4) is 0 Å². The van der Waals surface area contributed by atoms with E-state index in [1.165, 1.54) is 10.9 Å². The van der Waals surface area contributed by atoms with Crippen LogP contribution in [0.25, 0.3) is 11.2 Å². The zero-order valence-corrected chi connectivity index (χ0v) is 18.6. The second-order valence-electron chi connectivity index (χ2n) is 6.98. The van der Waals surface area contributed by atoms with E-state index >= 15 is 0 Å². The smallest absolute Gasteiger partial charge is 0.389 e. The van der Waals surface area contributed by atoms with Crippen molar-refractivity contribution in [3.63, 3.8) is 0 Å². The summed E-state index contributed by atoms with van der Waals surface area (Å²) in [6, 6.07) is 0. The molecule has 3 rings (SSSR count). The van der Waals surface area contributed by atoms with Crippen LogP contribution in [-0.2, 0) is 27.9 Å². The van der Waals surface area contributed by atoms with Gasteiger partial charge in [-0.15, -0.1) is 11.6 Å². The lowest BCUT2D eigenvalue weighted by molar-refractivity contribution is -0.118. The summed E-state index contributed by atoms with van der Waals surface area (Å²) >= 11 is 5.33. The number of aromatic amines is 1. The number of hydrogen-bond donors (Lipinski definition) is 5. The van der Waals surface area contributed by atoms with Crippen LogP contribution < -0.4 is 16.6 Å². The van der Waals surface area contributed by atoms with E-state index in [1.807, 2.05) is 0 Å². The van der Waals surface area contributed by atoms with Crippen LogP contribution in [0.15, 0.2) is 11.1 Å². The number of carbonyl (C=O) groups is 2. The highest BCUT2D eigenvalue weighted by Gasteiger charge is 2.46. The quantitative estimate of drug-likeness (QED) is 0.103. The van der Waals surface area contributed by atoms with Gasteiger partial charge in [0, 0.05) is 6.54 Å². The van der Waals surface area contributed by atoms with E-state index in [0.29, 0.717) is 6.29 Å². The molecule has 1 amide bonds. The molecule has 0 aliphatic carbocycles. The van der Waals surface area contributed by atoms with E-state index in [2.05, 4.69) is 20.3 Å². The number of amides is 1. The first kappa shape index (κ1) is 25.2. The molecular formula is C16H22ClN6O9P. The molecule has 0 bridgehead atoms. The third-order valence-electron chi connectivity index (χ3n) is 4.72. The number of nitrogens with two attached hydrogens (primary N) is 1. The van der Waals surface area contributed by atoms with Crippen molar-refractivity contribution in [1.82, 2.24) is 24.8 Å². The first-order chi connectivity index (χ1) is 15.7. The molecule has 0 aromatic carbocycles. The summed E-state index contributed by atoms with van der Waals surface area (Å²) in [6.07, 6.45) is -1.86. The number of halogens is 1. The Kier molecular flexibility index (Phi) is 8.18. The number of rotatable bonds is 11. The van der Waals surface area contributed by atoms with Crippen molar-refractivity contribution in [3.05, 3.63) is 16.7 Å². The van der Waals surface area contributed by atoms with Crippen LogP contribution in [0.1, 0.15) is 12.6 Å². The van der Waals surface area contributed by atoms with E-state index < -0.39 is 44.3 Å². The molecule has 5 atom stereocenters. The van der Waals surface area contributed by atoms with Crippen molar-refractivity contribution in [2.75, 3.05) is 31.4 Å². The summed E-state index contributed by atoms with van der Waals surface area (Å²) in [5.74, 6) is -1.90. The van der Waals surface area contributed by atoms with Gasteiger partial charge in [0.15, 0.2) is 11.2 Å². The van der Waals surface area contributed by atoms with Gasteiger partial charge in [-0.3, -0.25) is 28.2 Å². The Morgan fingerprint density at radius 1 is 1.48 bits per heavy atom. The normalized spacial score (nSPS) is 24.6. The summed E-state index contributed by atoms with van der Waals surface area (Å²) < 4.78 is 28.7. The Bertz CT molecular complexity index is 1110. The molecule has 6 N–H and O–H groups in total. The second kappa shape index (κ2) is 10.7. The van der Waals surface area contributed by atoms with Crippen LogP contribution in [0.2, 0.25) is 0 Å². The number of nitrogens with zero attached hydrogens (tertiary/aromatic N) is 3. The number of imidazole rings is 1. The number of alkyl halides is 1. The topological polar surface area (TPSA) is 221 Å². The van der Waals surface area contributed by atoms with Crippen LogP contribution in [0, 0.1) is 5.92 Å². The van der Waals surface area contributed by atoms with Crippen LogP contribution >= 0.6 is 19.4 Å². The van der Waals surface area contributed by atoms with E-state index in [-0.39, 0.29) is 48.5 Å². The molecule has 1 unspecified atom stereocenters. The number of aliphatic hydroxyl groups excluding tert-OH is 1. The van der Waals surface area contributed by atoms with Gasteiger partial charge in [0.2, 0.25) is 11.9 Å². The van der Waals surface area contributed by atoms with E-state index in [9.17, 15) is 28.9 Å². The standard InChI is InChI=1S/C16H22ClN6O9P/c17-4-10(25)19-2-1-3-30-33(28,29)31-6-9-12(26)8(5-24)15(32-9)23-7-20-11-13(23)21-16(18)22-14(11)27/h5,7-9,12,15,26H,1-4,6H2,(H,19,25)(H,28,29)(H3,18,21,22,27)/t8-,9-,12+,15-/m1/s1. The van der Waals surface area contributed by atoms with Gasteiger partial charge in [-0.05, 0) is 6.42 Å². The lowest BCUT2D eigenvalue weighted by Crippen LogP contribution is -2.31. The highest BCUT2D eigenvalue weighted by atomic mass is 35.5. The van der Waals surface area contributed by atoms with Crippen molar-refractivity contribution < 1.29 is 37.9 Å². The lowest BCUT2D eigenvalue weighted by atomic mass is 10.0. The highest BCUT2D eigenvalue weighted by Crippen LogP contribution is 2.45. The number of carbonyl (C=O) groups excluding carboxylic acids is 2. The Morgan fingerprint density at radius 2 is 2.24 bits per heavy atom. The third kappa shape index (κ3) is 5.95. The molecule has 2 aromatic heterocycles. The minimum atomic E-state index is -4.51. The maximum atomic E-state index is 12.1. The van der Waals surface area contributed by atoms with E-state index in [4.69, 9.17) is 31.1 Å². The summed E-state index contributed by atoms with van der Waals surface area (Å²) in [6.45, 7) is -0.604. The number of aliphatic hydroxyl groups is 1. The molecule has 0 radical (unpaired) electrons. The zero-order chi connectivity index (χ0) is 24.2. The Balaban J connectivity index is 1.62. The zero-order valence-electron chi connectivity index (χ0n) is 17.0. The molecular weight excluding hydrogens is 487 g/mol. The molecule has 3 heterocycles. The Labute approximate surface area is 190 Å². The summed E-state index contributed by atoms with van der Waals surface area (Å²) in [5, 5.41) is 12.9. The van der Waals surface area contributed by atoms with Gasteiger partial charge in [0.05, 0.1) is 31.6 Å². The molecule has 1 aliphatic rings. The minimum absolute atomic E-state index is 0.0271. The van der Waals surface area contributed by atoms with Crippen LogP contribution in [0.5, 0.6) is 0 Å². The molecule has 0 spiro atoms. The van der Waals surface area contributed by atoms with Crippen molar-refractivity contribution in [2.45, 2.75) is 24.9 Å². The number of anilines is 1. The van der Waals surface area contributed by atoms with Gasteiger partial charge >= 0.3 is 7.82 Å². The van der Waals surface area contributed by atoms with Crippen molar-refractivity contribution in [2.24, 2.45) is 5.92 Å². The van der Waals surface area contributed by atoms with Crippen molar-refractivity contribution >= 4 is 48.7 Å². The maximum Gasteiger partial charge on any atom is 0.472 e. The minimum Gasteiger partial charge on any atom is -0.389 e. The Morgan fingerprint density at radius 3 is 2.94 bits per heavy atom. The molecule has 1 fully saturated rings. The van der Waals surface area contributed by atoms with Gasteiger partial charge in [-0.1, -0.05) is 0 Å². The van der Waals surface area contributed by atoms with Gasteiger partial charge in [-0.25, -0.2) is 9.55 Å². The molecule has 182 valence electrons. The number of phosphoric ester groups is 1. The first-order valence-electron chi connectivity index (χ1n) is 9.62. The van der Waals surface area contributed by atoms with Crippen molar-refractivity contribution in [1.29, 1.82) is 0 Å². The highest BCUT2D eigenvalue weighted by molar-refractivity contribution is 7.47. The second-order valence-corrected chi connectivity index (χ2v) is 8.70. The number of H-pyrrole nitrogens is 1. The monoisotopic (exact) mass is 508 g/mol. The van der Waals surface area contributed by atoms with Gasteiger partial charge in [-0.2, -0.15) is 4.98 Å². The molecule has 33 heavy (non-hydrogen) atoms. The predicted molar refractivity (Wildman–Crippen MR) is 112 cm³/mol. The number of fused-ring (bicyclic) bond motifs is 1. The number of aldehydes is 1. The molecule has 0 saturated carbocycles. The van der Waals surface area contributed by atoms with Crippen LogP contribution in [0.3, 0.4) is 0 Å². The molecule has 1 saturated heterocycles. The molecule has 15 nitrogen and oxygen atoms in total. The van der Waals surface area contributed by atoms with Crippen LogP contribution in [0.4, 0.5) is 5.95 Å². The molecule has 1 aliphatic heterocycles. The van der Waals surface area contributed by atoms with Gasteiger partial charge < -0.3 is 30.6 Å². The fourth-order valence-electron chi connectivity index (χ4n) is 3.16. The number of aromatic nitrogens is 4. The molecule has 17 heteroatoms. The summed E-state index contributed by atoms with van der Waals surface area (Å²) in [5.41, 5.74) is 4.94. The summed E-state index contributed by atoms with van der Waals surface area (Å²) in [7, 11) is -4.51. The number of hydrogen-bond acceptors (Lipinski definition) is 11. The average Bonchev–Trinajstić information content (AvgIpc) is 3.32. The van der Waals surface area contributed by atoms with Gasteiger partial charge in [0.25, 0.3) is 5.56 Å². The van der Waals surface area contributed by atoms with E-state index in [0.717, 1.165) is 0 Å². The molecule has 2 aromatic rings. The fraction of sp³-hybridized carbons (Fsp3) is 0.562. The number of ether oxygens (including phenoxy) is 1. The first-order valence-corrected chi connectivity index (χ1v) is 11.7.